The quantitative estimate of drug-likeness (QED) is 0.757. The van der Waals surface area contributed by atoms with Crippen LogP contribution in [0.4, 0.5) is 5.00 Å². The van der Waals surface area contributed by atoms with Crippen LogP contribution in [0.5, 0.6) is 0 Å². The lowest BCUT2D eigenvalue weighted by Gasteiger charge is -2.27. The summed E-state index contributed by atoms with van der Waals surface area (Å²) in [4.78, 5) is 28.2. The first-order valence-electron chi connectivity index (χ1n) is 9.86. The van der Waals surface area contributed by atoms with E-state index in [1.54, 1.807) is 6.92 Å². The summed E-state index contributed by atoms with van der Waals surface area (Å²) in [6, 6.07) is 6.28. The molecular formula is C22H29N2O3S+. The number of thiophene rings is 1. The third kappa shape index (κ3) is 4.13. The molecule has 28 heavy (non-hydrogen) atoms. The maximum Gasteiger partial charge on any atom is 0.341 e. The van der Waals surface area contributed by atoms with E-state index in [2.05, 4.69) is 19.2 Å². The number of quaternary nitrogens is 1. The van der Waals surface area contributed by atoms with Gasteiger partial charge >= 0.3 is 5.97 Å². The Morgan fingerprint density at radius 1 is 1.29 bits per heavy atom. The number of anilines is 1. The van der Waals surface area contributed by atoms with Crippen LogP contribution < -0.4 is 10.2 Å². The zero-order valence-electron chi connectivity index (χ0n) is 17.3. The zero-order valence-corrected chi connectivity index (χ0v) is 18.1. The highest BCUT2D eigenvalue weighted by molar-refractivity contribution is 7.17. The van der Waals surface area contributed by atoms with Crippen molar-refractivity contribution in [2.24, 2.45) is 0 Å². The molecule has 6 heteroatoms. The molecule has 1 amide bonds. The van der Waals surface area contributed by atoms with E-state index in [0.29, 0.717) is 28.8 Å². The predicted molar refractivity (Wildman–Crippen MR) is 113 cm³/mol. The lowest BCUT2D eigenvalue weighted by molar-refractivity contribution is -0.936. The lowest BCUT2D eigenvalue weighted by Crippen LogP contribution is -3.14. The van der Waals surface area contributed by atoms with E-state index in [9.17, 15) is 9.59 Å². The number of carbonyl (C=O) groups excluding carboxylic acids is 2. The van der Waals surface area contributed by atoms with Crippen LogP contribution in [0.25, 0.3) is 0 Å². The fourth-order valence-electron chi connectivity index (χ4n) is 3.74. The standard InChI is InChI=1S/C22H28N2O3S/c1-6-27-22(26)19-17-9-10-24(13(2)3)12-18(17)28-21(19)23-20(25)16-8-7-14(4)11-15(16)5/h7-8,11,13H,6,9-10,12H2,1-5H3,(H,23,25)/p+1. The average molecular weight is 402 g/mol. The summed E-state index contributed by atoms with van der Waals surface area (Å²) < 4.78 is 5.30. The van der Waals surface area contributed by atoms with Crippen molar-refractivity contribution in [1.29, 1.82) is 0 Å². The minimum Gasteiger partial charge on any atom is -0.462 e. The third-order valence-corrected chi connectivity index (χ3v) is 6.47. The number of benzene rings is 1. The number of carbonyl (C=O) groups is 2. The molecule has 2 aromatic rings. The van der Waals surface area contributed by atoms with Crippen molar-refractivity contribution in [2.45, 2.75) is 53.6 Å². The molecule has 2 N–H and O–H groups in total. The number of rotatable bonds is 5. The summed E-state index contributed by atoms with van der Waals surface area (Å²) in [6.45, 7) is 12.3. The van der Waals surface area contributed by atoms with Gasteiger partial charge in [0.2, 0.25) is 0 Å². The summed E-state index contributed by atoms with van der Waals surface area (Å²) in [5, 5.41) is 3.61. The molecule has 1 unspecified atom stereocenters. The normalized spacial score (nSPS) is 16.0. The van der Waals surface area contributed by atoms with Crippen molar-refractivity contribution < 1.29 is 19.2 Å². The van der Waals surface area contributed by atoms with Gasteiger partial charge in [0, 0.05) is 12.0 Å². The van der Waals surface area contributed by atoms with Gasteiger partial charge in [-0.3, -0.25) is 4.79 Å². The van der Waals surface area contributed by atoms with E-state index in [4.69, 9.17) is 4.74 Å². The van der Waals surface area contributed by atoms with E-state index in [0.717, 1.165) is 36.2 Å². The minimum absolute atomic E-state index is 0.185. The Bertz CT molecular complexity index is 901. The minimum atomic E-state index is -0.344. The molecule has 5 nitrogen and oxygen atoms in total. The second kappa shape index (κ2) is 8.45. The average Bonchev–Trinajstić information content (AvgIpc) is 2.98. The van der Waals surface area contributed by atoms with Crippen molar-refractivity contribution in [1.82, 2.24) is 0 Å². The first kappa shape index (κ1) is 20.6. The van der Waals surface area contributed by atoms with Crippen molar-refractivity contribution in [3.05, 3.63) is 50.9 Å². The van der Waals surface area contributed by atoms with Crippen molar-refractivity contribution in [3.63, 3.8) is 0 Å². The van der Waals surface area contributed by atoms with Crippen LogP contribution in [-0.4, -0.2) is 31.1 Å². The number of hydrogen-bond acceptors (Lipinski definition) is 4. The third-order valence-electron chi connectivity index (χ3n) is 5.32. The molecule has 0 bridgehead atoms. The monoisotopic (exact) mass is 401 g/mol. The number of fused-ring (bicyclic) bond motifs is 1. The smallest absolute Gasteiger partial charge is 0.341 e. The van der Waals surface area contributed by atoms with Gasteiger partial charge in [0.25, 0.3) is 5.91 Å². The Hall–Kier alpha value is -2.18. The molecule has 150 valence electrons. The second-order valence-corrected chi connectivity index (χ2v) is 8.80. The zero-order chi connectivity index (χ0) is 20.4. The molecule has 0 aliphatic carbocycles. The van der Waals surface area contributed by atoms with Gasteiger partial charge in [0.1, 0.15) is 11.5 Å². The molecule has 1 atom stereocenters. The SMILES string of the molecule is CCOC(=O)c1c(NC(=O)c2ccc(C)cc2C)sc2c1CC[NH+](C(C)C)C2. The van der Waals surface area contributed by atoms with Crippen LogP contribution in [0, 0.1) is 13.8 Å². The molecule has 1 aliphatic heterocycles. The number of nitrogens with one attached hydrogen (secondary N) is 2. The van der Waals surface area contributed by atoms with E-state index >= 15 is 0 Å². The Morgan fingerprint density at radius 2 is 2.04 bits per heavy atom. The van der Waals surface area contributed by atoms with Gasteiger partial charge < -0.3 is 15.0 Å². The van der Waals surface area contributed by atoms with Crippen LogP contribution in [-0.2, 0) is 17.7 Å². The molecule has 1 aliphatic rings. The van der Waals surface area contributed by atoms with Crippen molar-refractivity contribution >= 4 is 28.2 Å². The molecule has 3 rings (SSSR count). The van der Waals surface area contributed by atoms with Gasteiger partial charge in [0.05, 0.1) is 29.6 Å². The number of esters is 1. The largest absolute Gasteiger partial charge is 0.462 e. The summed E-state index contributed by atoms with van der Waals surface area (Å²) >= 11 is 1.52. The van der Waals surface area contributed by atoms with Crippen LogP contribution in [0.1, 0.15) is 63.1 Å². The Balaban J connectivity index is 1.95. The fraction of sp³-hybridized carbons (Fsp3) is 0.455. The molecule has 2 heterocycles. The molecule has 1 aromatic carbocycles. The topological polar surface area (TPSA) is 59.8 Å². The van der Waals surface area contributed by atoms with Gasteiger partial charge in [-0.1, -0.05) is 17.7 Å². The van der Waals surface area contributed by atoms with Gasteiger partial charge in [0.15, 0.2) is 0 Å². The highest BCUT2D eigenvalue weighted by atomic mass is 32.1. The molecule has 0 spiro atoms. The van der Waals surface area contributed by atoms with Crippen LogP contribution in [0.15, 0.2) is 18.2 Å². The number of amides is 1. The first-order chi connectivity index (χ1) is 13.3. The Morgan fingerprint density at radius 3 is 2.68 bits per heavy atom. The molecular weight excluding hydrogens is 372 g/mol. The maximum atomic E-state index is 12.9. The highest BCUT2D eigenvalue weighted by Crippen LogP contribution is 2.35. The van der Waals surface area contributed by atoms with Gasteiger partial charge in [-0.2, -0.15) is 0 Å². The number of ether oxygens (including phenoxy) is 1. The summed E-state index contributed by atoms with van der Waals surface area (Å²) in [7, 11) is 0. The molecule has 0 fully saturated rings. The molecule has 0 saturated carbocycles. The number of hydrogen-bond donors (Lipinski definition) is 2. The Kier molecular flexibility index (Phi) is 6.20. The second-order valence-electron chi connectivity index (χ2n) is 7.69. The van der Waals surface area contributed by atoms with Gasteiger partial charge in [-0.15, -0.1) is 11.3 Å². The predicted octanol–water partition coefficient (Wildman–Crippen LogP) is 3.14. The highest BCUT2D eigenvalue weighted by Gasteiger charge is 2.32. The van der Waals surface area contributed by atoms with Crippen molar-refractivity contribution in [2.75, 3.05) is 18.5 Å². The molecule has 0 radical (unpaired) electrons. The van der Waals surface area contributed by atoms with E-state index < -0.39 is 0 Å². The van der Waals surface area contributed by atoms with Crippen LogP contribution in [0.3, 0.4) is 0 Å². The molecule has 0 saturated heterocycles. The summed E-state index contributed by atoms with van der Waals surface area (Å²) in [5.74, 6) is -0.529. The van der Waals surface area contributed by atoms with E-state index in [1.807, 2.05) is 32.0 Å². The summed E-state index contributed by atoms with van der Waals surface area (Å²) in [6.07, 6.45) is 0.826. The van der Waals surface area contributed by atoms with Crippen molar-refractivity contribution in [3.8, 4) is 0 Å². The van der Waals surface area contributed by atoms with Gasteiger partial charge in [-0.05, 0) is 51.8 Å². The van der Waals surface area contributed by atoms with E-state index in [-0.39, 0.29) is 11.9 Å². The fourth-order valence-corrected chi connectivity index (χ4v) is 5.02. The van der Waals surface area contributed by atoms with E-state index in [1.165, 1.54) is 21.1 Å². The first-order valence-corrected chi connectivity index (χ1v) is 10.7. The van der Waals surface area contributed by atoms with Crippen LogP contribution >= 0.6 is 11.3 Å². The molecule has 1 aromatic heterocycles. The number of aryl methyl sites for hydroxylation is 2. The Labute approximate surface area is 170 Å². The lowest BCUT2D eigenvalue weighted by atomic mass is 10.0. The maximum absolute atomic E-state index is 12.9. The van der Waals surface area contributed by atoms with Crippen LogP contribution in [0.2, 0.25) is 0 Å². The van der Waals surface area contributed by atoms with Gasteiger partial charge in [-0.25, -0.2) is 4.79 Å². The summed E-state index contributed by atoms with van der Waals surface area (Å²) in [5.41, 5.74) is 4.25.